The average molecular weight is 528 g/mol. The van der Waals surface area contributed by atoms with E-state index in [1.807, 2.05) is 0 Å². The van der Waals surface area contributed by atoms with Crippen LogP contribution in [-0.4, -0.2) is 47.4 Å². The fourth-order valence-corrected chi connectivity index (χ4v) is 3.47. The number of hydrogen-bond donors (Lipinski definition) is 1. The molecule has 0 aromatic rings. The first-order valence-electron chi connectivity index (χ1n) is 7.61. The van der Waals surface area contributed by atoms with E-state index in [0.29, 0.717) is 0 Å². The second-order valence-corrected chi connectivity index (χ2v) is 9.06. The fraction of sp³-hybridized carbons (Fsp3) is 0.857. The van der Waals surface area contributed by atoms with Gasteiger partial charge in [0, 0.05) is 0 Å². The number of nitrogens with one attached hydrogen (secondary N) is 1. The van der Waals surface area contributed by atoms with Crippen molar-refractivity contribution in [1.82, 2.24) is 5.48 Å². The number of hydroxylamine groups is 1. The van der Waals surface area contributed by atoms with Gasteiger partial charge in [-0.2, -0.15) is 0 Å². The smallest absolute Gasteiger partial charge is 0.429 e. The average Bonchev–Trinajstić information content (AvgIpc) is 2.78. The maximum absolute atomic E-state index is 12.0. The Morgan fingerprint density at radius 1 is 1.08 bits per heavy atom. The van der Waals surface area contributed by atoms with E-state index in [2.05, 4.69) is 5.48 Å². The lowest BCUT2D eigenvalue weighted by atomic mass is 10.2. The Kier molecular flexibility index (Phi) is 9.00. The molecule has 1 saturated heterocycles. The molecule has 1 aliphatic rings. The summed E-state index contributed by atoms with van der Waals surface area (Å²) in [5.41, 5.74) is 0.893. The van der Waals surface area contributed by atoms with Crippen molar-refractivity contribution in [2.45, 2.75) is 76.6 Å². The van der Waals surface area contributed by atoms with Gasteiger partial charge in [0.1, 0.15) is 39.5 Å². The van der Waals surface area contributed by atoms with Gasteiger partial charge in [0.05, 0.1) is 0 Å². The summed E-state index contributed by atoms with van der Waals surface area (Å²) in [5.74, 6) is 0. The lowest BCUT2D eigenvalue weighted by Gasteiger charge is -2.25. The molecule has 0 radical (unpaired) electrons. The van der Waals surface area contributed by atoms with Crippen LogP contribution in [0.25, 0.3) is 0 Å². The molecule has 1 aliphatic heterocycles. The minimum absolute atomic E-state index is 0.596. The van der Waals surface area contributed by atoms with Crippen molar-refractivity contribution in [2.24, 2.45) is 0 Å². The maximum Gasteiger partial charge on any atom is 0.528 e. The highest BCUT2D eigenvalue weighted by Crippen LogP contribution is 2.36. The molecule has 0 aromatic carbocycles. The number of ether oxygens (including phenoxy) is 4. The number of carbonyl (C=O) groups is 2. The van der Waals surface area contributed by atoms with E-state index in [0.717, 1.165) is 11.0 Å². The van der Waals surface area contributed by atoms with Crippen LogP contribution in [0.3, 0.4) is 0 Å². The quantitative estimate of drug-likeness (QED) is 0.320. The number of hydrogen-bond acceptors (Lipinski definition) is 10. The van der Waals surface area contributed by atoms with Crippen molar-refractivity contribution >= 4 is 57.0 Å². The molecule has 26 heavy (non-hydrogen) atoms. The minimum Gasteiger partial charge on any atom is -0.429 e. The largest absolute Gasteiger partial charge is 0.528 e. The molecule has 152 valence electrons. The van der Waals surface area contributed by atoms with Gasteiger partial charge >= 0.3 is 12.3 Å². The van der Waals surface area contributed by atoms with Gasteiger partial charge in [0.25, 0.3) is 0 Å². The van der Waals surface area contributed by atoms with E-state index in [4.69, 9.17) is 37.5 Å². The molecule has 0 saturated carbocycles. The molecule has 1 N–H and O–H groups in total. The summed E-state index contributed by atoms with van der Waals surface area (Å²) in [6.07, 6.45) is -4.68. The van der Waals surface area contributed by atoms with Crippen LogP contribution in [-0.2, 0) is 26.9 Å². The van der Waals surface area contributed by atoms with Crippen molar-refractivity contribution in [3.8, 4) is 0 Å². The molecule has 4 atom stereocenters. The summed E-state index contributed by atoms with van der Waals surface area (Å²) in [6, 6.07) is 0. The van der Waals surface area contributed by atoms with Crippen molar-refractivity contribution < 1.29 is 36.4 Å². The van der Waals surface area contributed by atoms with Gasteiger partial charge in [0.15, 0.2) is 18.6 Å². The molecule has 0 amide bonds. The summed E-state index contributed by atoms with van der Waals surface area (Å²) in [5, 5.41) is -0.596. The van der Waals surface area contributed by atoms with Gasteiger partial charge in [-0.25, -0.2) is 9.59 Å². The zero-order valence-corrected chi connectivity index (χ0v) is 19.0. The van der Waals surface area contributed by atoms with Crippen LogP contribution in [0.15, 0.2) is 0 Å². The highest BCUT2D eigenvalue weighted by molar-refractivity contribution is 14.1. The summed E-state index contributed by atoms with van der Waals surface area (Å²) in [4.78, 5) is 28.5. The first-order chi connectivity index (χ1) is 11.9. The van der Waals surface area contributed by atoms with Crippen LogP contribution < -0.4 is 5.48 Å². The normalized spacial score (nSPS) is 26.3. The van der Waals surface area contributed by atoms with E-state index in [1.165, 1.54) is 0 Å². The molecule has 0 spiro atoms. The summed E-state index contributed by atoms with van der Waals surface area (Å²) in [6.45, 7) is 10.2. The Labute approximate surface area is 175 Å². The Balaban J connectivity index is 2.76. The van der Waals surface area contributed by atoms with E-state index in [-0.39, 0.29) is 0 Å². The Morgan fingerprint density at radius 2 is 1.62 bits per heavy atom. The topological polar surface area (TPSA) is 102 Å². The molecule has 0 aromatic heterocycles. The van der Waals surface area contributed by atoms with Crippen LogP contribution in [0, 0.1) is 0 Å². The highest BCUT2D eigenvalue weighted by Gasteiger charge is 2.49. The molecular weight excluding hydrogens is 505 g/mol. The zero-order valence-electron chi connectivity index (χ0n) is 15.2. The van der Waals surface area contributed by atoms with E-state index >= 15 is 0 Å². The third-order valence-corrected chi connectivity index (χ3v) is 4.45. The monoisotopic (exact) mass is 527 g/mol. The molecule has 0 aliphatic carbocycles. The van der Waals surface area contributed by atoms with Crippen LogP contribution in [0.5, 0.6) is 0 Å². The first-order valence-corrected chi connectivity index (χ1v) is 10.2. The number of carbonyl (C=O) groups excluding carboxylic acids is 2. The van der Waals surface area contributed by atoms with Crippen LogP contribution in [0.1, 0.15) is 41.5 Å². The summed E-state index contributed by atoms with van der Waals surface area (Å²) < 4.78 is 26.1. The second kappa shape index (κ2) is 9.82. The molecule has 0 bridgehead atoms. The third kappa shape index (κ3) is 8.21. The van der Waals surface area contributed by atoms with Crippen LogP contribution in [0.4, 0.5) is 9.59 Å². The second-order valence-electron chi connectivity index (χ2n) is 7.30. The minimum atomic E-state index is -1.04. The fourth-order valence-electron chi connectivity index (χ4n) is 1.78. The molecule has 1 rings (SSSR count). The third-order valence-electron chi connectivity index (χ3n) is 2.63. The molecule has 1 heterocycles. The molecule has 1 unspecified atom stereocenters. The van der Waals surface area contributed by atoms with Crippen LogP contribution in [0.2, 0.25) is 0 Å². The van der Waals surface area contributed by atoms with E-state index in [9.17, 15) is 9.59 Å². The Morgan fingerprint density at radius 3 is 2.08 bits per heavy atom. The van der Waals surface area contributed by atoms with Gasteiger partial charge in [-0.3, -0.25) is 3.07 Å². The molecule has 12 heteroatoms. The predicted octanol–water partition coefficient (Wildman–Crippen LogP) is 4.07. The zero-order chi connectivity index (χ0) is 20.1. The van der Waals surface area contributed by atoms with Gasteiger partial charge in [0.2, 0.25) is 0 Å². The SMILES string of the molecule is CC(C)(C)OC(=O)ONC1O[C@H](OI)[C@@H](SCl)[C@@H]1OC(=O)OC(C)(C)C. The highest BCUT2D eigenvalue weighted by atomic mass is 127. The van der Waals surface area contributed by atoms with E-state index in [1.54, 1.807) is 64.5 Å². The van der Waals surface area contributed by atoms with Gasteiger partial charge in [-0.1, -0.05) is 0 Å². The van der Waals surface area contributed by atoms with Crippen molar-refractivity contribution in [2.75, 3.05) is 0 Å². The summed E-state index contributed by atoms with van der Waals surface area (Å²) >= 11 is 1.63. The lowest BCUT2D eigenvalue weighted by Crippen LogP contribution is -2.45. The lowest BCUT2D eigenvalue weighted by molar-refractivity contribution is -0.137. The van der Waals surface area contributed by atoms with E-state index < -0.39 is 47.4 Å². The van der Waals surface area contributed by atoms with Crippen LogP contribution >= 0.6 is 44.7 Å². The van der Waals surface area contributed by atoms with Crippen molar-refractivity contribution in [3.05, 3.63) is 0 Å². The Hall–Kier alpha value is -0.210. The van der Waals surface area contributed by atoms with Gasteiger partial charge < -0.3 is 23.8 Å². The standard InChI is InChI=1S/C14H23ClINO8S/c1-13(2,3)22-11(18)20-7-8(26-15)10(24-16)21-9(7)17-25-12(19)23-14(4,5)6/h7-10,17H,1-6H3/t7-,8-,9?,10+/m0/s1. The molecular formula is C14H23ClINO8S. The summed E-state index contributed by atoms with van der Waals surface area (Å²) in [7, 11) is 6.72. The van der Waals surface area contributed by atoms with Gasteiger partial charge in [-0.05, 0) is 63.2 Å². The molecule has 1 fully saturated rings. The predicted molar refractivity (Wildman–Crippen MR) is 103 cm³/mol. The van der Waals surface area contributed by atoms with Crippen molar-refractivity contribution in [1.29, 1.82) is 0 Å². The number of rotatable bonds is 5. The molecule has 9 nitrogen and oxygen atoms in total. The van der Waals surface area contributed by atoms with Gasteiger partial charge in [-0.15, -0.1) is 5.48 Å². The Bertz CT molecular complexity index is 498. The first kappa shape index (κ1) is 23.8. The number of halogens is 2. The maximum atomic E-state index is 12.0. The van der Waals surface area contributed by atoms with Crippen molar-refractivity contribution in [3.63, 3.8) is 0 Å².